The van der Waals surface area contributed by atoms with Gasteiger partial charge in [-0.2, -0.15) is 0 Å². The number of non-ortho nitro benzene ring substituents is 1. The van der Waals surface area contributed by atoms with Gasteiger partial charge < -0.3 is 5.11 Å². The van der Waals surface area contributed by atoms with Crippen molar-refractivity contribution in [2.24, 2.45) is 0 Å². The first-order valence-electron chi connectivity index (χ1n) is 5.47. The number of rotatable bonds is 4. The third kappa shape index (κ3) is 3.12. The normalized spacial score (nSPS) is 10.1. The zero-order chi connectivity index (χ0) is 13.8. The Hall–Kier alpha value is -2.76. The highest BCUT2D eigenvalue weighted by Crippen LogP contribution is 2.19. The maximum atomic E-state index is 10.9. The average Bonchev–Trinajstić information content (AvgIpc) is 2.39. The molecular weight excluding hydrogens is 248 g/mol. The van der Waals surface area contributed by atoms with Crippen LogP contribution in [0, 0.1) is 10.1 Å². The third-order valence-electron chi connectivity index (χ3n) is 2.57. The lowest BCUT2D eigenvalue weighted by Crippen LogP contribution is -2.01. The number of carboxylic acids is 1. The Morgan fingerprint density at radius 2 is 2.11 bits per heavy atom. The van der Waals surface area contributed by atoms with Gasteiger partial charge in [-0.1, -0.05) is 6.07 Å². The summed E-state index contributed by atoms with van der Waals surface area (Å²) in [6.07, 6.45) is 3.66. The van der Waals surface area contributed by atoms with Crippen LogP contribution in [0.2, 0.25) is 0 Å². The van der Waals surface area contributed by atoms with E-state index >= 15 is 0 Å². The molecule has 0 amide bonds. The number of aromatic nitrogens is 1. The Morgan fingerprint density at radius 3 is 2.68 bits per heavy atom. The summed E-state index contributed by atoms with van der Waals surface area (Å²) in [7, 11) is 0. The van der Waals surface area contributed by atoms with Gasteiger partial charge in [0.1, 0.15) is 0 Å². The molecule has 0 atom stereocenters. The number of carbonyl (C=O) groups is 1. The van der Waals surface area contributed by atoms with Gasteiger partial charge in [0, 0.05) is 24.5 Å². The molecule has 2 aromatic rings. The Bertz CT molecular complexity index is 594. The van der Waals surface area contributed by atoms with Gasteiger partial charge in [-0.15, -0.1) is 0 Å². The quantitative estimate of drug-likeness (QED) is 0.670. The molecule has 0 saturated carbocycles. The van der Waals surface area contributed by atoms with Crippen LogP contribution < -0.4 is 0 Å². The van der Waals surface area contributed by atoms with Gasteiger partial charge in [-0.25, -0.2) is 4.79 Å². The van der Waals surface area contributed by atoms with Crippen LogP contribution in [0.15, 0.2) is 42.7 Å². The summed E-state index contributed by atoms with van der Waals surface area (Å²) in [5, 5.41) is 19.7. The summed E-state index contributed by atoms with van der Waals surface area (Å²) in [6, 6.07) is 7.44. The molecule has 6 heteroatoms. The van der Waals surface area contributed by atoms with Gasteiger partial charge in [0.15, 0.2) is 0 Å². The lowest BCUT2D eigenvalue weighted by molar-refractivity contribution is -0.384. The van der Waals surface area contributed by atoms with Crippen LogP contribution in [-0.2, 0) is 6.42 Å². The second-order valence-electron chi connectivity index (χ2n) is 3.99. The molecule has 0 aliphatic rings. The molecule has 1 N–H and O–H groups in total. The number of aromatic carboxylic acids is 1. The minimum atomic E-state index is -1.18. The molecule has 0 saturated heterocycles. The zero-order valence-corrected chi connectivity index (χ0v) is 9.81. The van der Waals surface area contributed by atoms with Crippen molar-refractivity contribution in [1.82, 2.24) is 4.98 Å². The molecule has 0 fully saturated rings. The molecular formula is C13H10N2O4. The van der Waals surface area contributed by atoms with E-state index < -0.39 is 10.9 Å². The molecule has 1 aromatic heterocycles. The summed E-state index contributed by atoms with van der Waals surface area (Å²) in [4.78, 5) is 25.1. The van der Waals surface area contributed by atoms with Crippen molar-refractivity contribution in [3.8, 4) is 0 Å². The number of nitrogens with zero attached hydrogens (tertiary/aromatic N) is 2. The molecule has 1 aromatic carbocycles. The van der Waals surface area contributed by atoms with E-state index in [0.29, 0.717) is 12.0 Å². The van der Waals surface area contributed by atoms with E-state index in [9.17, 15) is 14.9 Å². The number of nitro benzene ring substituents is 1. The van der Waals surface area contributed by atoms with E-state index in [0.717, 1.165) is 11.6 Å². The fraction of sp³-hybridized carbons (Fsp3) is 0.0769. The molecule has 19 heavy (non-hydrogen) atoms. The first kappa shape index (κ1) is 12.7. The molecule has 6 nitrogen and oxygen atoms in total. The molecule has 0 aliphatic carbocycles. The number of carboxylic acid groups (broad SMARTS) is 1. The van der Waals surface area contributed by atoms with Crippen molar-refractivity contribution in [1.29, 1.82) is 0 Å². The van der Waals surface area contributed by atoms with Crippen LogP contribution >= 0.6 is 0 Å². The molecule has 1 heterocycles. The summed E-state index contributed by atoms with van der Waals surface area (Å²) < 4.78 is 0. The SMILES string of the molecule is O=C(O)c1cc(Cc2cccnc2)cc([N+](=O)[O-])c1. The molecule has 0 spiro atoms. The molecule has 0 bridgehead atoms. The van der Waals surface area contributed by atoms with Crippen LogP contribution in [0.25, 0.3) is 0 Å². The molecule has 0 unspecified atom stereocenters. The molecule has 0 aliphatic heterocycles. The number of hydrogen-bond acceptors (Lipinski definition) is 4. The number of pyridine rings is 1. The van der Waals surface area contributed by atoms with Gasteiger partial charge >= 0.3 is 5.97 Å². The van der Waals surface area contributed by atoms with Crippen molar-refractivity contribution in [3.63, 3.8) is 0 Å². The summed E-state index contributed by atoms with van der Waals surface area (Å²) in [6.45, 7) is 0. The highest BCUT2D eigenvalue weighted by molar-refractivity contribution is 5.88. The van der Waals surface area contributed by atoms with Gasteiger partial charge in [0.2, 0.25) is 0 Å². The number of benzene rings is 1. The summed E-state index contributed by atoms with van der Waals surface area (Å²) >= 11 is 0. The smallest absolute Gasteiger partial charge is 0.335 e. The van der Waals surface area contributed by atoms with E-state index in [1.54, 1.807) is 18.5 Å². The number of nitro groups is 1. The number of hydrogen-bond donors (Lipinski definition) is 1. The van der Waals surface area contributed by atoms with E-state index in [-0.39, 0.29) is 11.3 Å². The topological polar surface area (TPSA) is 93.3 Å². The fourth-order valence-corrected chi connectivity index (χ4v) is 1.74. The van der Waals surface area contributed by atoms with Crippen LogP contribution in [0.4, 0.5) is 5.69 Å². The van der Waals surface area contributed by atoms with Crippen molar-refractivity contribution in [3.05, 3.63) is 69.5 Å². The van der Waals surface area contributed by atoms with Gasteiger partial charge in [-0.3, -0.25) is 15.1 Å². The van der Waals surface area contributed by atoms with Crippen LogP contribution in [-0.4, -0.2) is 21.0 Å². The highest BCUT2D eigenvalue weighted by Gasteiger charge is 2.13. The highest BCUT2D eigenvalue weighted by atomic mass is 16.6. The molecule has 96 valence electrons. The maximum absolute atomic E-state index is 10.9. The monoisotopic (exact) mass is 258 g/mol. The second kappa shape index (κ2) is 5.26. The summed E-state index contributed by atoms with van der Waals surface area (Å²) in [5.41, 5.74) is 1.12. The first-order chi connectivity index (χ1) is 9.06. The standard InChI is InChI=1S/C13H10N2O4/c16-13(17)11-5-10(6-12(7-11)15(18)19)4-9-2-1-3-14-8-9/h1-3,5-8H,4H2,(H,16,17). The van der Waals surface area contributed by atoms with Crippen LogP contribution in [0.5, 0.6) is 0 Å². The lowest BCUT2D eigenvalue weighted by atomic mass is 10.0. The van der Waals surface area contributed by atoms with Gasteiger partial charge in [-0.05, 0) is 29.7 Å². The largest absolute Gasteiger partial charge is 0.478 e. The van der Waals surface area contributed by atoms with Crippen LogP contribution in [0.3, 0.4) is 0 Å². The maximum Gasteiger partial charge on any atom is 0.335 e. The summed E-state index contributed by atoms with van der Waals surface area (Å²) in [5.74, 6) is -1.18. The van der Waals surface area contributed by atoms with E-state index in [1.807, 2.05) is 6.07 Å². The zero-order valence-electron chi connectivity index (χ0n) is 9.81. The van der Waals surface area contributed by atoms with E-state index in [2.05, 4.69) is 4.98 Å². The van der Waals surface area contributed by atoms with Crippen LogP contribution in [0.1, 0.15) is 21.5 Å². The lowest BCUT2D eigenvalue weighted by Gasteiger charge is -2.03. The van der Waals surface area contributed by atoms with Gasteiger partial charge in [0.05, 0.1) is 10.5 Å². The second-order valence-corrected chi connectivity index (χ2v) is 3.99. The predicted molar refractivity (Wildman–Crippen MR) is 67.1 cm³/mol. The van der Waals surface area contributed by atoms with Crippen molar-refractivity contribution in [2.75, 3.05) is 0 Å². The molecule has 0 radical (unpaired) electrons. The van der Waals surface area contributed by atoms with Crippen molar-refractivity contribution >= 4 is 11.7 Å². The van der Waals surface area contributed by atoms with E-state index in [1.165, 1.54) is 12.1 Å². The Kier molecular flexibility index (Phi) is 3.51. The van der Waals surface area contributed by atoms with Crippen molar-refractivity contribution in [2.45, 2.75) is 6.42 Å². The Labute approximate surface area is 108 Å². The third-order valence-corrected chi connectivity index (χ3v) is 2.57. The Morgan fingerprint density at radius 1 is 1.32 bits per heavy atom. The fourth-order valence-electron chi connectivity index (χ4n) is 1.74. The predicted octanol–water partition coefficient (Wildman–Crippen LogP) is 2.28. The first-order valence-corrected chi connectivity index (χ1v) is 5.47. The molecule has 2 rings (SSSR count). The average molecular weight is 258 g/mol. The minimum absolute atomic E-state index is 0.0897. The van der Waals surface area contributed by atoms with E-state index in [4.69, 9.17) is 5.11 Å². The minimum Gasteiger partial charge on any atom is -0.478 e. The van der Waals surface area contributed by atoms with Crippen molar-refractivity contribution < 1.29 is 14.8 Å². The Balaban J connectivity index is 2.39. The van der Waals surface area contributed by atoms with Gasteiger partial charge in [0.25, 0.3) is 5.69 Å².